The molecule has 26 heavy (non-hydrogen) atoms. The highest BCUT2D eigenvalue weighted by molar-refractivity contribution is 5.91. The van der Waals surface area contributed by atoms with Crippen LogP contribution in [0, 0.1) is 5.82 Å². The molecule has 2 aromatic rings. The zero-order valence-electron chi connectivity index (χ0n) is 15.3. The first-order valence-corrected chi connectivity index (χ1v) is 8.54. The number of benzene rings is 2. The average molecular weight is 358 g/mol. The van der Waals surface area contributed by atoms with Crippen LogP contribution in [0.1, 0.15) is 18.5 Å². The third kappa shape index (κ3) is 5.67. The van der Waals surface area contributed by atoms with E-state index < -0.39 is 5.82 Å². The van der Waals surface area contributed by atoms with Crippen molar-refractivity contribution in [2.75, 3.05) is 32.5 Å². The van der Waals surface area contributed by atoms with Crippen LogP contribution in [0.5, 0.6) is 0 Å². The van der Waals surface area contributed by atoms with E-state index in [4.69, 9.17) is 0 Å². The summed E-state index contributed by atoms with van der Waals surface area (Å²) in [5, 5.41) is 2.64. The van der Waals surface area contributed by atoms with Crippen molar-refractivity contribution in [3.05, 3.63) is 66.0 Å². The Morgan fingerprint density at radius 1 is 1.12 bits per heavy atom. The topological polar surface area (TPSA) is 53.9 Å². The lowest BCUT2D eigenvalue weighted by Crippen LogP contribution is -3.11. The summed E-state index contributed by atoms with van der Waals surface area (Å²) in [4.78, 5) is 27.0. The fraction of sp³-hybridized carbons (Fsp3) is 0.300. The number of carbonyl (C=O) groups excluding carboxylic acids is 2. The number of nitrogens with one attached hydrogen (secondary N) is 2. The number of carbonyl (C=O) groups is 2. The van der Waals surface area contributed by atoms with Crippen molar-refractivity contribution >= 4 is 17.5 Å². The fourth-order valence-electron chi connectivity index (χ4n) is 2.66. The molecule has 0 radical (unpaired) electrons. The molecular formula is C20H25FN3O2+. The summed E-state index contributed by atoms with van der Waals surface area (Å²) in [6, 6.07) is 15.5. The van der Waals surface area contributed by atoms with Crippen molar-refractivity contribution in [2.24, 2.45) is 0 Å². The standard InChI is InChI=1S/C20H24FN3O2/c1-15(16-8-5-4-6-9-16)24(3)20(26)14-23(2)13-19(25)22-18-11-7-10-17(21)12-18/h4-12,15H,13-14H2,1-3H3,(H,22,25)/p+1/t15-/m1/s1. The van der Waals surface area contributed by atoms with E-state index >= 15 is 0 Å². The monoisotopic (exact) mass is 358 g/mol. The van der Waals surface area contributed by atoms with Gasteiger partial charge in [-0.3, -0.25) is 9.59 Å². The number of hydrogen-bond acceptors (Lipinski definition) is 2. The molecular weight excluding hydrogens is 333 g/mol. The maximum Gasteiger partial charge on any atom is 0.279 e. The van der Waals surface area contributed by atoms with Crippen LogP contribution in [0.2, 0.25) is 0 Å². The highest BCUT2D eigenvalue weighted by Gasteiger charge is 2.21. The van der Waals surface area contributed by atoms with Crippen LogP contribution < -0.4 is 10.2 Å². The molecule has 0 aliphatic rings. The number of likely N-dealkylation sites (N-methyl/N-ethyl adjacent to an activating group) is 2. The van der Waals surface area contributed by atoms with E-state index in [1.807, 2.05) is 37.3 Å². The SMILES string of the molecule is C[C@H](c1ccccc1)N(C)C(=O)C[NH+](C)CC(=O)Nc1cccc(F)c1. The second kappa shape index (κ2) is 9.10. The molecule has 0 fully saturated rings. The van der Waals surface area contributed by atoms with Gasteiger partial charge in [0.2, 0.25) is 0 Å². The van der Waals surface area contributed by atoms with Crippen LogP contribution in [0.15, 0.2) is 54.6 Å². The smallest absolute Gasteiger partial charge is 0.279 e. The molecule has 0 bridgehead atoms. The first-order chi connectivity index (χ1) is 12.4. The second-order valence-corrected chi connectivity index (χ2v) is 6.46. The minimum Gasteiger partial charge on any atom is -0.334 e. The van der Waals surface area contributed by atoms with Crippen LogP contribution in [0.25, 0.3) is 0 Å². The number of anilines is 1. The predicted molar refractivity (Wildman–Crippen MR) is 99.3 cm³/mol. The zero-order valence-corrected chi connectivity index (χ0v) is 15.3. The van der Waals surface area contributed by atoms with Gasteiger partial charge in [0.15, 0.2) is 13.1 Å². The van der Waals surface area contributed by atoms with Gasteiger partial charge in [0.1, 0.15) is 5.82 Å². The number of rotatable bonds is 7. The molecule has 0 aromatic heterocycles. The molecule has 138 valence electrons. The maximum atomic E-state index is 13.1. The Bertz CT molecular complexity index is 752. The summed E-state index contributed by atoms with van der Waals surface area (Å²) >= 11 is 0. The molecule has 2 atom stereocenters. The van der Waals surface area contributed by atoms with E-state index in [2.05, 4.69) is 5.32 Å². The molecule has 0 aliphatic carbocycles. The van der Waals surface area contributed by atoms with Crippen LogP contribution in [-0.4, -0.2) is 43.9 Å². The Labute approximate surface area is 153 Å². The van der Waals surface area contributed by atoms with E-state index in [-0.39, 0.29) is 30.9 Å². The first kappa shape index (κ1) is 19.6. The van der Waals surface area contributed by atoms with Gasteiger partial charge in [-0.1, -0.05) is 36.4 Å². The molecule has 1 unspecified atom stereocenters. The lowest BCUT2D eigenvalue weighted by molar-refractivity contribution is -0.862. The van der Waals surface area contributed by atoms with Crippen molar-refractivity contribution in [1.82, 2.24) is 4.90 Å². The molecule has 5 nitrogen and oxygen atoms in total. The van der Waals surface area contributed by atoms with Gasteiger partial charge < -0.3 is 15.1 Å². The quantitative estimate of drug-likeness (QED) is 0.788. The van der Waals surface area contributed by atoms with Gasteiger partial charge in [-0.2, -0.15) is 0 Å². The predicted octanol–water partition coefficient (Wildman–Crippen LogP) is 1.50. The zero-order chi connectivity index (χ0) is 19.1. The highest BCUT2D eigenvalue weighted by atomic mass is 19.1. The van der Waals surface area contributed by atoms with Crippen LogP contribution >= 0.6 is 0 Å². The lowest BCUT2D eigenvalue weighted by Gasteiger charge is -2.26. The van der Waals surface area contributed by atoms with Crippen molar-refractivity contribution < 1.29 is 18.9 Å². The average Bonchev–Trinajstić information content (AvgIpc) is 2.60. The number of quaternary nitrogens is 1. The Hall–Kier alpha value is -2.73. The van der Waals surface area contributed by atoms with Gasteiger partial charge in [-0.05, 0) is 30.7 Å². The molecule has 0 saturated heterocycles. The van der Waals surface area contributed by atoms with Crippen molar-refractivity contribution in [1.29, 1.82) is 0 Å². The normalized spacial score (nSPS) is 12.9. The number of amides is 2. The molecule has 2 aromatic carbocycles. The van der Waals surface area contributed by atoms with Crippen molar-refractivity contribution in [2.45, 2.75) is 13.0 Å². The molecule has 0 aliphatic heterocycles. The molecule has 2 rings (SSSR count). The van der Waals surface area contributed by atoms with E-state index in [9.17, 15) is 14.0 Å². The Kier molecular flexibility index (Phi) is 6.86. The van der Waals surface area contributed by atoms with Gasteiger partial charge in [-0.15, -0.1) is 0 Å². The molecule has 6 heteroatoms. The summed E-state index contributed by atoms with van der Waals surface area (Å²) in [5.74, 6) is -0.715. The second-order valence-electron chi connectivity index (χ2n) is 6.46. The van der Waals surface area contributed by atoms with Gasteiger partial charge in [0.05, 0.1) is 13.1 Å². The van der Waals surface area contributed by atoms with E-state index in [1.165, 1.54) is 18.2 Å². The lowest BCUT2D eigenvalue weighted by atomic mass is 10.1. The minimum atomic E-state index is -0.407. The third-order valence-electron chi connectivity index (χ3n) is 4.28. The highest BCUT2D eigenvalue weighted by Crippen LogP contribution is 2.17. The fourth-order valence-corrected chi connectivity index (χ4v) is 2.66. The molecule has 0 saturated carbocycles. The number of nitrogens with zero attached hydrogens (tertiary/aromatic N) is 1. The van der Waals surface area contributed by atoms with Crippen molar-refractivity contribution in [3.63, 3.8) is 0 Å². The number of hydrogen-bond donors (Lipinski definition) is 2. The maximum absolute atomic E-state index is 13.1. The van der Waals surface area contributed by atoms with Gasteiger partial charge in [0.25, 0.3) is 11.8 Å². The largest absolute Gasteiger partial charge is 0.334 e. The summed E-state index contributed by atoms with van der Waals surface area (Å²) in [7, 11) is 3.55. The summed E-state index contributed by atoms with van der Waals surface area (Å²) in [6.07, 6.45) is 0. The third-order valence-corrected chi connectivity index (χ3v) is 4.28. The van der Waals surface area contributed by atoms with Crippen LogP contribution in [0.4, 0.5) is 10.1 Å². The van der Waals surface area contributed by atoms with E-state index in [0.717, 1.165) is 10.5 Å². The number of halogens is 1. The Morgan fingerprint density at radius 3 is 2.46 bits per heavy atom. The molecule has 2 amide bonds. The van der Waals surface area contributed by atoms with Gasteiger partial charge in [-0.25, -0.2) is 4.39 Å². The Balaban J connectivity index is 1.85. The van der Waals surface area contributed by atoms with E-state index in [0.29, 0.717) is 5.69 Å². The first-order valence-electron chi connectivity index (χ1n) is 8.54. The summed E-state index contributed by atoms with van der Waals surface area (Å²) < 4.78 is 13.1. The molecule has 0 spiro atoms. The van der Waals surface area contributed by atoms with Gasteiger partial charge >= 0.3 is 0 Å². The summed E-state index contributed by atoms with van der Waals surface area (Å²) in [5.41, 5.74) is 1.47. The minimum absolute atomic E-state index is 0.0439. The summed E-state index contributed by atoms with van der Waals surface area (Å²) in [6.45, 7) is 2.29. The van der Waals surface area contributed by atoms with Crippen LogP contribution in [0.3, 0.4) is 0 Å². The van der Waals surface area contributed by atoms with Crippen LogP contribution in [-0.2, 0) is 9.59 Å². The van der Waals surface area contributed by atoms with Crippen molar-refractivity contribution in [3.8, 4) is 0 Å². The Morgan fingerprint density at radius 2 is 1.81 bits per heavy atom. The molecule has 0 heterocycles. The van der Waals surface area contributed by atoms with E-state index in [1.54, 1.807) is 25.1 Å². The van der Waals surface area contributed by atoms with Gasteiger partial charge in [0, 0.05) is 12.7 Å². The molecule has 2 N–H and O–H groups in total.